The van der Waals surface area contributed by atoms with Crippen molar-refractivity contribution < 1.29 is 22.8 Å². The minimum Gasteiger partial charge on any atom is -0.382 e. The third-order valence-corrected chi connectivity index (χ3v) is 3.16. The molecule has 9 heteroatoms. The Morgan fingerprint density at radius 3 is 2.86 bits per heavy atom. The highest BCUT2D eigenvalue weighted by molar-refractivity contribution is 5.98. The minimum absolute atomic E-state index is 0.0625. The van der Waals surface area contributed by atoms with E-state index in [9.17, 15) is 18.0 Å². The highest BCUT2D eigenvalue weighted by atomic mass is 19.4. The number of fused-ring (bicyclic) bond motifs is 1. The first-order chi connectivity index (χ1) is 10.3. The van der Waals surface area contributed by atoms with Gasteiger partial charge in [-0.25, -0.2) is 4.98 Å². The van der Waals surface area contributed by atoms with Crippen molar-refractivity contribution in [2.24, 2.45) is 5.16 Å². The summed E-state index contributed by atoms with van der Waals surface area (Å²) in [4.78, 5) is 23.5. The van der Waals surface area contributed by atoms with Crippen molar-refractivity contribution in [2.45, 2.75) is 25.6 Å². The number of hydrogen-bond donors (Lipinski definition) is 2. The average Bonchev–Trinajstić information content (AvgIpc) is 3.02. The van der Waals surface area contributed by atoms with E-state index in [4.69, 9.17) is 4.84 Å². The smallest absolute Gasteiger partial charge is 0.382 e. The summed E-state index contributed by atoms with van der Waals surface area (Å²) in [7, 11) is 0. The number of rotatable bonds is 2. The maximum atomic E-state index is 12.6. The highest BCUT2D eigenvalue weighted by Crippen LogP contribution is 2.31. The zero-order chi connectivity index (χ0) is 15.9. The van der Waals surface area contributed by atoms with Crippen molar-refractivity contribution in [3.05, 3.63) is 23.8 Å². The Kier molecular flexibility index (Phi) is 3.27. The Bertz CT molecular complexity index is 766. The number of aromatic amines is 1. The molecule has 1 amide bonds. The molecule has 0 aliphatic carbocycles. The molecule has 1 unspecified atom stereocenters. The molecule has 0 bridgehead atoms. The number of benzene rings is 1. The monoisotopic (exact) mass is 312 g/mol. The SMILES string of the molecule is CC1=NOC(C(=O)Nc2nc3ccc(C(F)(F)F)cc3[nH]2)C1. The van der Waals surface area contributed by atoms with E-state index < -0.39 is 23.8 Å². The van der Waals surface area contributed by atoms with Gasteiger partial charge in [-0.05, 0) is 25.1 Å². The zero-order valence-corrected chi connectivity index (χ0v) is 11.4. The van der Waals surface area contributed by atoms with Crippen LogP contribution in [0.25, 0.3) is 11.0 Å². The summed E-state index contributed by atoms with van der Waals surface area (Å²) in [5.74, 6) is -0.400. The van der Waals surface area contributed by atoms with Gasteiger partial charge >= 0.3 is 6.18 Å². The molecule has 1 aliphatic rings. The predicted octanol–water partition coefficient (Wildman–Crippen LogP) is 2.69. The molecule has 1 aromatic carbocycles. The van der Waals surface area contributed by atoms with Gasteiger partial charge in [0.25, 0.3) is 5.91 Å². The normalized spacial score (nSPS) is 18.2. The van der Waals surface area contributed by atoms with Crippen LogP contribution in [0.4, 0.5) is 19.1 Å². The van der Waals surface area contributed by atoms with E-state index in [1.54, 1.807) is 6.92 Å². The van der Waals surface area contributed by atoms with Gasteiger partial charge in [0, 0.05) is 6.42 Å². The largest absolute Gasteiger partial charge is 0.416 e. The van der Waals surface area contributed by atoms with Gasteiger partial charge in [0.15, 0.2) is 0 Å². The van der Waals surface area contributed by atoms with Crippen LogP contribution in [0.1, 0.15) is 18.9 Å². The first-order valence-electron chi connectivity index (χ1n) is 6.40. The van der Waals surface area contributed by atoms with Crippen LogP contribution in [0.15, 0.2) is 23.4 Å². The Hall–Kier alpha value is -2.58. The summed E-state index contributed by atoms with van der Waals surface area (Å²) in [6, 6.07) is 3.12. The lowest BCUT2D eigenvalue weighted by Gasteiger charge is -2.06. The van der Waals surface area contributed by atoms with Crippen LogP contribution in [-0.2, 0) is 15.8 Å². The molecule has 2 N–H and O–H groups in total. The number of anilines is 1. The fraction of sp³-hybridized carbons (Fsp3) is 0.308. The fourth-order valence-corrected chi connectivity index (χ4v) is 2.08. The molecule has 1 aliphatic heterocycles. The molecule has 0 saturated heterocycles. The Morgan fingerprint density at radius 2 is 2.23 bits per heavy atom. The van der Waals surface area contributed by atoms with Gasteiger partial charge in [-0.1, -0.05) is 5.16 Å². The summed E-state index contributed by atoms with van der Waals surface area (Å²) >= 11 is 0. The molecule has 0 spiro atoms. The summed E-state index contributed by atoms with van der Waals surface area (Å²) in [6.07, 6.45) is -4.82. The molecule has 0 radical (unpaired) electrons. The second-order valence-electron chi connectivity index (χ2n) is 4.93. The second-order valence-corrected chi connectivity index (χ2v) is 4.93. The van der Waals surface area contributed by atoms with E-state index >= 15 is 0 Å². The van der Waals surface area contributed by atoms with E-state index in [1.165, 1.54) is 6.07 Å². The molecule has 22 heavy (non-hydrogen) atoms. The number of alkyl halides is 3. The lowest BCUT2D eigenvalue weighted by molar-refractivity contribution is -0.137. The van der Waals surface area contributed by atoms with E-state index in [0.29, 0.717) is 17.6 Å². The van der Waals surface area contributed by atoms with Crippen LogP contribution < -0.4 is 5.32 Å². The van der Waals surface area contributed by atoms with Crippen molar-refractivity contribution >= 4 is 28.6 Å². The Labute approximate surface area is 122 Å². The Balaban J connectivity index is 1.79. The quantitative estimate of drug-likeness (QED) is 0.895. The summed E-state index contributed by atoms with van der Waals surface area (Å²) in [6.45, 7) is 1.73. The number of carbonyl (C=O) groups is 1. The van der Waals surface area contributed by atoms with Crippen LogP contribution >= 0.6 is 0 Å². The number of nitrogens with zero attached hydrogens (tertiary/aromatic N) is 2. The molecule has 1 aromatic heterocycles. The summed E-state index contributed by atoms with van der Waals surface area (Å²) in [5, 5.41) is 6.13. The van der Waals surface area contributed by atoms with Crippen LogP contribution in [0.2, 0.25) is 0 Å². The maximum Gasteiger partial charge on any atom is 0.416 e. The summed E-state index contributed by atoms with van der Waals surface area (Å²) < 4.78 is 37.9. The van der Waals surface area contributed by atoms with Gasteiger partial charge in [0.1, 0.15) is 0 Å². The number of nitrogens with one attached hydrogen (secondary N) is 2. The van der Waals surface area contributed by atoms with Crippen molar-refractivity contribution in [2.75, 3.05) is 5.32 Å². The third kappa shape index (κ3) is 2.74. The van der Waals surface area contributed by atoms with Gasteiger partial charge in [0.2, 0.25) is 12.1 Å². The number of amides is 1. The van der Waals surface area contributed by atoms with Crippen LogP contribution in [0.3, 0.4) is 0 Å². The van der Waals surface area contributed by atoms with Crippen molar-refractivity contribution in [3.63, 3.8) is 0 Å². The maximum absolute atomic E-state index is 12.6. The van der Waals surface area contributed by atoms with Crippen molar-refractivity contribution in [1.29, 1.82) is 0 Å². The zero-order valence-electron chi connectivity index (χ0n) is 11.4. The van der Waals surface area contributed by atoms with Gasteiger partial charge in [0.05, 0.1) is 22.3 Å². The molecular weight excluding hydrogens is 301 g/mol. The average molecular weight is 312 g/mol. The van der Waals surface area contributed by atoms with Crippen molar-refractivity contribution in [3.8, 4) is 0 Å². The third-order valence-electron chi connectivity index (χ3n) is 3.16. The van der Waals surface area contributed by atoms with Gasteiger partial charge < -0.3 is 9.82 Å². The molecule has 2 aromatic rings. The van der Waals surface area contributed by atoms with Crippen LogP contribution in [0, 0.1) is 0 Å². The number of carbonyl (C=O) groups excluding carboxylic acids is 1. The predicted molar refractivity (Wildman–Crippen MR) is 72.3 cm³/mol. The number of aromatic nitrogens is 2. The Morgan fingerprint density at radius 1 is 1.45 bits per heavy atom. The molecule has 2 heterocycles. The topological polar surface area (TPSA) is 79.4 Å². The summed E-state index contributed by atoms with van der Waals surface area (Å²) in [5.41, 5.74) is 0.414. The number of oxime groups is 1. The number of H-pyrrole nitrogens is 1. The van der Waals surface area contributed by atoms with E-state index in [-0.39, 0.29) is 11.5 Å². The van der Waals surface area contributed by atoms with Crippen LogP contribution in [-0.4, -0.2) is 27.7 Å². The fourth-order valence-electron chi connectivity index (χ4n) is 2.08. The lowest BCUT2D eigenvalue weighted by atomic mass is 10.2. The number of halogens is 3. The molecule has 6 nitrogen and oxygen atoms in total. The number of imidazole rings is 1. The van der Waals surface area contributed by atoms with E-state index in [0.717, 1.165) is 12.1 Å². The van der Waals surface area contributed by atoms with Gasteiger partial charge in [-0.3, -0.25) is 10.1 Å². The molecule has 0 saturated carbocycles. The van der Waals surface area contributed by atoms with Crippen molar-refractivity contribution in [1.82, 2.24) is 9.97 Å². The second kappa shape index (κ2) is 5.00. The molecule has 0 fully saturated rings. The first kappa shape index (κ1) is 14.4. The van der Waals surface area contributed by atoms with E-state index in [1.807, 2.05) is 0 Å². The minimum atomic E-state index is -4.44. The van der Waals surface area contributed by atoms with Gasteiger partial charge in [-0.15, -0.1) is 0 Å². The molecule has 116 valence electrons. The molecular formula is C13H11F3N4O2. The number of hydrogen-bond acceptors (Lipinski definition) is 4. The molecule has 3 rings (SSSR count). The molecule has 1 atom stereocenters. The highest BCUT2D eigenvalue weighted by Gasteiger charge is 2.31. The lowest BCUT2D eigenvalue weighted by Crippen LogP contribution is -2.28. The van der Waals surface area contributed by atoms with Gasteiger partial charge in [-0.2, -0.15) is 13.2 Å². The van der Waals surface area contributed by atoms with Crippen LogP contribution in [0.5, 0.6) is 0 Å². The van der Waals surface area contributed by atoms with E-state index in [2.05, 4.69) is 20.4 Å². The standard InChI is InChI=1S/C13H11F3N4O2/c1-6-4-10(22-20-6)11(21)19-12-17-8-3-2-7(13(14,15)16)5-9(8)18-12/h2-3,5,10H,4H2,1H3,(H2,17,18,19,21). The first-order valence-corrected chi connectivity index (χ1v) is 6.40.